The number of nitrogens with two attached hydrogens (primary N) is 1. The largest absolute Gasteiger partial charge is 0.329 e. The Hall–Kier alpha value is -0.630. The van der Waals surface area contributed by atoms with Crippen LogP contribution in [0.25, 0.3) is 0 Å². The second-order valence-electron chi connectivity index (χ2n) is 5.26. The number of sulfonamides is 1. The molecular weight excluding hydrogens is 300 g/mol. The van der Waals surface area contributed by atoms with Crippen LogP contribution in [0.2, 0.25) is 0 Å². The molecule has 0 amide bonds. The quantitative estimate of drug-likeness (QED) is 0.896. The zero-order valence-electron chi connectivity index (χ0n) is 12.1. The Kier molecular flexibility index (Phi) is 5.60. The Bertz CT molecular complexity index is 558. The monoisotopic (exact) mass is 322 g/mol. The Balaban J connectivity index is 0.00000200. The van der Waals surface area contributed by atoms with Crippen LogP contribution in [0.4, 0.5) is 0 Å². The Labute approximate surface area is 126 Å². The normalized spacial score (nSPS) is 24.4. The van der Waals surface area contributed by atoms with Gasteiger partial charge in [0.05, 0.1) is 11.9 Å². The lowest BCUT2D eigenvalue weighted by molar-refractivity contribution is 0.192. The Morgan fingerprint density at radius 1 is 1.50 bits per heavy atom. The lowest BCUT2D eigenvalue weighted by Gasteiger charge is -2.38. The maximum Gasteiger partial charge on any atom is 0.246 e. The first-order valence-electron chi connectivity index (χ1n) is 6.60. The van der Waals surface area contributed by atoms with Crippen LogP contribution >= 0.6 is 12.4 Å². The number of halogens is 1. The van der Waals surface area contributed by atoms with Gasteiger partial charge in [-0.05, 0) is 25.7 Å². The van der Waals surface area contributed by atoms with Gasteiger partial charge in [0, 0.05) is 26.2 Å². The van der Waals surface area contributed by atoms with E-state index in [0.717, 1.165) is 12.8 Å². The molecule has 2 rings (SSSR count). The summed E-state index contributed by atoms with van der Waals surface area (Å²) in [6, 6.07) is -0.113. The molecule has 2 unspecified atom stereocenters. The highest BCUT2D eigenvalue weighted by Crippen LogP contribution is 2.29. The zero-order chi connectivity index (χ0) is 14.2. The fraction of sp³-hybridized carbons (Fsp3) is 0.750. The maximum absolute atomic E-state index is 12.8. The molecule has 1 aliphatic rings. The third-order valence-electron chi connectivity index (χ3n) is 4.08. The summed E-state index contributed by atoms with van der Waals surface area (Å²) in [6.45, 7) is 4.74. The van der Waals surface area contributed by atoms with Gasteiger partial charge in [0.25, 0.3) is 0 Å². The van der Waals surface area contributed by atoms with Crippen molar-refractivity contribution in [3.8, 4) is 0 Å². The summed E-state index contributed by atoms with van der Waals surface area (Å²) in [5, 5.41) is 4.03. The van der Waals surface area contributed by atoms with Crippen LogP contribution in [-0.4, -0.2) is 41.6 Å². The van der Waals surface area contributed by atoms with E-state index in [-0.39, 0.29) is 18.4 Å². The standard InChI is InChI=1S/C12H22N4O2S.ClH/c1-9-5-4-6-16(11(9)7-13)19(17,18)12-8-14-15(3)10(12)2;/h8-9,11H,4-7,13H2,1-3H3;1H. The van der Waals surface area contributed by atoms with Crippen molar-refractivity contribution in [2.24, 2.45) is 18.7 Å². The van der Waals surface area contributed by atoms with Gasteiger partial charge in [-0.25, -0.2) is 8.42 Å². The van der Waals surface area contributed by atoms with E-state index in [2.05, 4.69) is 12.0 Å². The molecule has 1 saturated heterocycles. The SMILES string of the molecule is Cc1c(S(=O)(=O)N2CCCC(C)C2CN)cnn1C.Cl. The van der Waals surface area contributed by atoms with Crippen LogP contribution in [0, 0.1) is 12.8 Å². The second kappa shape index (κ2) is 6.43. The Morgan fingerprint density at radius 2 is 2.15 bits per heavy atom. The van der Waals surface area contributed by atoms with E-state index in [1.54, 1.807) is 23.0 Å². The average Bonchev–Trinajstić information content (AvgIpc) is 2.70. The molecule has 0 bridgehead atoms. The summed E-state index contributed by atoms with van der Waals surface area (Å²) < 4.78 is 28.6. The van der Waals surface area contributed by atoms with E-state index < -0.39 is 10.0 Å². The molecule has 0 radical (unpaired) electrons. The molecule has 0 saturated carbocycles. The van der Waals surface area contributed by atoms with Gasteiger partial charge < -0.3 is 5.73 Å². The second-order valence-corrected chi connectivity index (χ2v) is 7.12. The van der Waals surface area contributed by atoms with Crippen molar-refractivity contribution in [3.63, 3.8) is 0 Å². The van der Waals surface area contributed by atoms with Crippen molar-refractivity contribution in [2.75, 3.05) is 13.1 Å². The fourth-order valence-corrected chi connectivity index (χ4v) is 4.68. The van der Waals surface area contributed by atoms with E-state index in [1.165, 1.54) is 6.20 Å². The van der Waals surface area contributed by atoms with Crippen molar-refractivity contribution < 1.29 is 8.42 Å². The first-order chi connectivity index (χ1) is 8.89. The molecule has 116 valence electrons. The number of piperidine rings is 1. The van der Waals surface area contributed by atoms with E-state index in [1.807, 2.05) is 0 Å². The Morgan fingerprint density at radius 3 is 2.65 bits per heavy atom. The first-order valence-corrected chi connectivity index (χ1v) is 8.04. The van der Waals surface area contributed by atoms with Gasteiger partial charge in [0.2, 0.25) is 10.0 Å². The number of rotatable bonds is 3. The van der Waals surface area contributed by atoms with Gasteiger partial charge in [-0.15, -0.1) is 12.4 Å². The van der Waals surface area contributed by atoms with Crippen LogP contribution in [0.15, 0.2) is 11.1 Å². The van der Waals surface area contributed by atoms with Crippen LogP contribution in [-0.2, 0) is 17.1 Å². The minimum absolute atomic E-state index is 0. The van der Waals surface area contributed by atoms with E-state index in [4.69, 9.17) is 5.73 Å². The van der Waals surface area contributed by atoms with Crippen molar-refractivity contribution in [1.29, 1.82) is 0 Å². The molecule has 0 aromatic carbocycles. The third-order valence-corrected chi connectivity index (χ3v) is 6.11. The van der Waals surface area contributed by atoms with Crippen LogP contribution in [0.3, 0.4) is 0 Å². The van der Waals surface area contributed by atoms with Crippen LogP contribution in [0.5, 0.6) is 0 Å². The highest BCUT2D eigenvalue weighted by Gasteiger charge is 2.37. The van der Waals surface area contributed by atoms with Gasteiger partial charge in [-0.1, -0.05) is 6.92 Å². The predicted molar refractivity (Wildman–Crippen MR) is 80.3 cm³/mol. The lowest BCUT2D eigenvalue weighted by atomic mass is 9.93. The van der Waals surface area contributed by atoms with Crippen molar-refractivity contribution in [1.82, 2.24) is 14.1 Å². The molecule has 1 aromatic heterocycles. The molecular formula is C12H23ClN4O2S. The molecule has 8 heteroatoms. The number of hydrogen-bond acceptors (Lipinski definition) is 4. The summed E-state index contributed by atoms with van der Waals surface area (Å²) in [5.41, 5.74) is 6.44. The van der Waals surface area contributed by atoms with Gasteiger partial charge in [0.15, 0.2) is 0 Å². The predicted octanol–water partition coefficient (Wildman–Crippen LogP) is 0.898. The molecule has 6 nitrogen and oxygen atoms in total. The molecule has 1 aromatic rings. The van der Waals surface area contributed by atoms with Gasteiger partial charge in [-0.2, -0.15) is 9.40 Å². The fourth-order valence-electron chi connectivity index (χ4n) is 2.72. The van der Waals surface area contributed by atoms with Crippen LogP contribution in [0.1, 0.15) is 25.5 Å². The van der Waals surface area contributed by atoms with Crippen molar-refractivity contribution in [3.05, 3.63) is 11.9 Å². The van der Waals surface area contributed by atoms with Gasteiger partial charge in [0.1, 0.15) is 4.90 Å². The van der Waals surface area contributed by atoms with Gasteiger partial charge >= 0.3 is 0 Å². The minimum atomic E-state index is -3.50. The molecule has 1 aliphatic heterocycles. The third kappa shape index (κ3) is 2.86. The molecule has 0 aliphatic carbocycles. The first kappa shape index (κ1) is 17.4. The smallest absolute Gasteiger partial charge is 0.246 e. The average molecular weight is 323 g/mol. The highest BCUT2D eigenvalue weighted by molar-refractivity contribution is 7.89. The van der Waals surface area contributed by atoms with E-state index in [0.29, 0.717) is 29.6 Å². The van der Waals surface area contributed by atoms with E-state index in [9.17, 15) is 8.42 Å². The molecule has 2 atom stereocenters. The molecule has 2 N–H and O–H groups in total. The summed E-state index contributed by atoms with van der Waals surface area (Å²) in [4.78, 5) is 0.294. The minimum Gasteiger partial charge on any atom is -0.329 e. The molecule has 2 heterocycles. The highest BCUT2D eigenvalue weighted by atomic mass is 35.5. The number of nitrogens with zero attached hydrogens (tertiary/aromatic N) is 3. The van der Waals surface area contributed by atoms with Crippen LogP contribution < -0.4 is 5.73 Å². The summed E-state index contributed by atoms with van der Waals surface area (Å²) in [5.74, 6) is 0.297. The van der Waals surface area contributed by atoms with E-state index >= 15 is 0 Å². The topological polar surface area (TPSA) is 81.2 Å². The molecule has 20 heavy (non-hydrogen) atoms. The van der Waals surface area contributed by atoms with Crippen molar-refractivity contribution in [2.45, 2.75) is 37.6 Å². The molecule has 1 fully saturated rings. The lowest BCUT2D eigenvalue weighted by Crippen LogP contribution is -2.51. The maximum atomic E-state index is 12.8. The number of hydrogen-bond donors (Lipinski definition) is 1. The summed E-state index contributed by atoms with van der Waals surface area (Å²) in [7, 11) is -1.75. The summed E-state index contributed by atoms with van der Waals surface area (Å²) >= 11 is 0. The zero-order valence-corrected chi connectivity index (χ0v) is 13.7. The number of aromatic nitrogens is 2. The number of aryl methyl sites for hydroxylation is 1. The van der Waals surface area contributed by atoms with Gasteiger partial charge in [-0.3, -0.25) is 4.68 Å². The molecule has 0 spiro atoms. The van der Waals surface area contributed by atoms with Crippen molar-refractivity contribution >= 4 is 22.4 Å². The summed E-state index contributed by atoms with van der Waals surface area (Å²) in [6.07, 6.45) is 3.34.